The second-order valence-corrected chi connectivity index (χ2v) is 4.74. The van der Waals surface area contributed by atoms with Gasteiger partial charge in [0.2, 0.25) is 0 Å². The van der Waals surface area contributed by atoms with Crippen molar-refractivity contribution in [1.29, 1.82) is 0 Å². The fourth-order valence-corrected chi connectivity index (χ4v) is 2.02. The summed E-state index contributed by atoms with van der Waals surface area (Å²) in [7, 11) is 0. The number of urea groups is 1. The maximum atomic E-state index is 12.3. The van der Waals surface area contributed by atoms with Gasteiger partial charge in [0.1, 0.15) is 11.3 Å². The van der Waals surface area contributed by atoms with Crippen LogP contribution in [0, 0.1) is 0 Å². The minimum Gasteiger partial charge on any atom is -0.481 e. The Morgan fingerprint density at radius 1 is 1.29 bits per heavy atom. The van der Waals surface area contributed by atoms with Crippen molar-refractivity contribution in [2.45, 2.75) is 0 Å². The molecule has 2 rings (SSSR count). The Kier molecular flexibility index (Phi) is 5.10. The summed E-state index contributed by atoms with van der Waals surface area (Å²) in [6.45, 7) is 2.84. The van der Waals surface area contributed by atoms with Gasteiger partial charge in [0.05, 0.1) is 0 Å². The molecule has 1 aromatic carbocycles. The van der Waals surface area contributed by atoms with Crippen molar-refractivity contribution in [1.82, 2.24) is 10.2 Å². The molecule has 8 nitrogen and oxygen atoms in total. The van der Waals surface area contributed by atoms with Crippen LogP contribution in [-0.4, -0.2) is 47.0 Å². The number of benzene rings is 1. The molecule has 1 aliphatic heterocycles. The van der Waals surface area contributed by atoms with Crippen molar-refractivity contribution in [2.24, 2.45) is 0 Å². The smallest absolute Gasteiger partial charge is 0.341 e. The number of carboxylic acids is 1. The Morgan fingerprint density at radius 3 is 2.67 bits per heavy atom. The van der Waals surface area contributed by atoms with Crippen LogP contribution in [0.4, 0.5) is 4.79 Å². The summed E-state index contributed by atoms with van der Waals surface area (Å²) in [4.78, 5) is 47.4. The molecule has 1 saturated heterocycles. The molecule has 124 valence electrons. The van der Waals surface area contributed by atoms with Crippen LogP contribution in [0.3, 0.4) is 0 Å². The first-order valence-corrected chi connectivity index (χ1v) is 6.87. The van der Waals surface area contributed by atoms with E-state index in [-0.39, 0.29) is 17.9 Å². The number of barbiturate groups is 1. The maximum absolute atomic E-state index is 12.3. The quantitative estimate of drug-likeness (QED) is 0.453. The van der Waals surface area contributed by atoms with Crippen LogP contribution in [-0.2, 0) is 14.4 Å². The van der Waals surface area contributed by atoms with E-state index in [9.17, 15) is 19.2 Å². The molecule has 1 fully saturated rings. The van der Waals surface area contributed by atoms with Gasteiger partial charge in [0.15, 0.2) is 6.61 Å². The zero-order valence-corrected chi connectivity index (χ0v) is 12.5. The fraction of sp³-hybridized carbons (Fsp3) is 0.125. The van der Waals surface area contributed by atoms with E-state index >= 15 is 0 Å². The number of ether oxygens (including phenoxy) is 1. The number of para-hydroxylation sites is 1. The molecule has 1 aliphatic rings. The third-order valence-electron chi connectivity index (χ3n) is 3.07. The van der Waals surface area contributed by atoms with Gasteiger partial charge in [0.25, 0.3) is 11.8 Å². The highest BCUT2D eigenvalue weighted by molar-refractivity contribution is 6.31. The molecule has 0 radical (unpaired) electrons. The lowest BCUT2D eigenvalue weighted by Crippen LogP contribution is -2.54. The second kappa shape index (κ2) is 7.23. The van der Waals surface area contributed by atoms with Gasteiger partial charge in [-0.2, -0.15) is 0 Å². The van der Waals surface area contributed by atoms with Crippen LogP contribution in [0.15, 0.2) is 42.5 Å². The highest BCUT2D eigenvalue weighted by Crippen LogP contribution is 2.23. The van der Waals surface area contributed by atoms with Crippen molar-refractivity contribution in [3.63, 3.8) is 0 Å². The predicted molar refractivity (Wildman–Crippen MR) is 83.0 cm³/mol. The van der Waals surface area contributed by atoms with Gasteiger partial charge in [-0.1, -0.05) is 24.3 Å². The van der Waals surface area contributed by atoms with Crippen molar-refractivity contribution >= 4 is 29.9 Å². The Hall–Kier alpha value is -3.42. The summed E-state index contributed by atoms with van der Waals surface area (Å²) in [5.74, 6) is -2.57. The molecule has 24 heavy (non-hydrogen) atoms. The molecule has 1 heterocycles. The summed E-state index contributed by atoms with van der Waals surface area (Å²) in [6, 6.07) is 5.50. The summed E-state index contributed by atoms with van der Waals surface area (Å²) in [6.07, 6.45) is 2.60. The summed E-state index contributed by atoms with van der Waals surface area (Å²) in [5.41, 5.74) is 0.0768. The fourth-order valence-electron chi connectivity index (χ4n) is 2.02. The number of carbonyl (C=O) groups excluding carboxylic acids is 3. The van der Waals surface area contributed by atoms with Crippen LogP contribution in [0.1, 0.15) is 5.56 Å². The van der Waals surface area contributed by atoms with Crippen molar-refractivity contribution in [3.8, 4) is 5.75 Å². The lowest BCUT2D eigenvalue weighted by Gasteiger charge is -2.25. The van der Waals surface area contributed by atoms with Gasteiger partial charge in [-0.25, -0.2) is 9.59 Å². The Morgan fingerprint density at radius 2 is 2.00 bits per heavy atom. The molecule has 8 heteroatoms. The highest BCUT2D eigenvalue weighted by atomic mass is 16.5. The van der Waals surface area contributed by atoms with Crippen molar-refractivity contribution in [3.05, 3.63) is 48.1 Å². The molecule has 0 unspecified atom stereocenters. The Labute approximate surface area is 137 Å². The lowest BCUT2D eigenvalue weighted by molar-refractivity contribution is -0.139. The third kappa shape index (κ3) is 3.67. The standard InChI is InChI=1S/C16H14N2O6/c1-2-7-18-15(22)11(14(21)17-16(18)23)8-10-5-3-4-6-12(10)24-9-13(19)20/h2-6,8H,1,7,9H2,(H,19,20)(H,17,21,23). The molecular weight excluding hydrogens is 316 g/mol. The van der Waals surface area contributed by atoms with Crippen LogP contribution in [0.25, 0.3) is 6.08 Å². The molecule has 0 spiro atoms. The second-order valence-electron chi connectivity index (χ2n) is 4.74. The van der Waals surface area contributed by atoms with E-state index in [2.05, 4.69) is 11.9 Å². The molecule has 0 atom stereocenters. The largest absolute Gasteiger partial charge is 0.481 e. The number of rotatable bonds is 6. The van der Waals surface area contributed by atoms with E-state index in [0.717, 1.165) is 4.90 Å². The molecular formula is C16H14N2O6. The number of amides is 4. The lowest BCUT2D eigenvalue weighted by atomic mass is 10.1. The van der Waals surface area contributed by atoms with Crippen LogP contribution in [0.5, 0.6) is 5.75 Å². The van der Waals surface area contributed by atoms with Crippen LogP contribution < -0.4 is 10.1 Å². The van der Waals surface area contributed by atoms with Crippen LogP contribution >= 0.6 is 0 Å². The van der Waals surface area contributed by atoms with E-state index in [1.165, 1.54) is 18.2 Å². The topological polar surface area (TPSA) is 113 Å². The van der Waals surface area contributed by atoms with E-state index < -0.39 is 30.4 Å². The number of imide groups is 2. The average Bonchev–Trinajstić information content (AvgIpc) is 2.54. The summed E-state index contributed by atoms with van der Waals surface area (Å²) < 4.78 is 5.12. The number of aliphatic carboxylic acids is 1. The van der Waals surface area contributed by atoms with Crippen molar-refractivity contribution < 1.29 is 29.0 Å². The average molecular weight is 330 g/mol. The summed E-state index contributed by atoms with van der Waals surface area (Å²) >= 11 is 0. The number of nitrogens with one attached hydrogen (secondary N) is 1. The van der Waals surface area contributed by atoms with E-state index in [4.69, 9.17) is 9.84 Å². The molecule has 4 amide bonds. The zero-order chi connectivity index (χ0) is 17.7. The number of nitrogens with zero attached hydrogens (tertiary/aromatic N) is 1. The number of carbonyl (C=O) groups is 4. The first kappa shape index (κ1) is 16.9. The van der Waals surface area contributed by atoms with Crippen molar-refractivity contribution in [2.75, 3.05) is 13.2 Å². The SMILES string of the molecule is C=CCN1C(=O)NC(=O)C(=Cc2ccccc2OCC(=O)O)C1=O. The molecule has 1 aromatic rings. The minimum absolute atomic E-state index is 0.0492. The number of hydrogen-bond donors (Lipinski definition) is 2. The number of carboxylic acid groups (broad SMARTS) is 1. The van der Waals surface area contributed by atoms with E-state index in [0.29, 0.717) is 5.56 Å². The van der Waals surface area contributed by atoms with Gasteiger partial charge < -0.3 is 9.84 Å². The monoisotopic (exact) mass is 330 g/mol. The van der Waals surface area contributed by atoms with Gasteiger partial charge in [-0.15, -0.1) is 6.58 Å². The van der Waals surface area contributed by atoms with E-state index in [1.54, 1.807) is 18.2 Å². The molecule has 0 bridgehead atoms. The van der Waals surface area contributed by atoms with Gasteiger partial charge in [-0.05, 0) is 12.1 Å². The first-order valence-electron chi connectivity index (χ1n) is 6.87. The van der Waals surface area contributed by atoms with Gasteiger partial charge in [0, 0.05) is 12.1 Å². The van der Waals surface area contributed by atoms with Gasteiger partial charge >= 0.3 is 12.0 Å². The molecule has 0 aliphatic carbocycles. The summed E-state index contributed by atoms with van der Waals surface area (Å²) in [5, 5.41) is 10.7. The number of hydrogen-bond acceptors (Lipinski definition) is 5. The van der Waals surface area contributed by atoms with Crippen LogP contribution in [0.2, 0.25) is 0 Å². The highest BCUT2D eigenvalue weighted by Gasteiger charge is 2.35. The minimum atomic E-state index is -1.16. The predicted octanol–water partition coefficient (Wildman–Crippen LogP) is 0.798. The zero-order valence-electron chi connectivity index (χ0n) is 12.5. The van der Waals surface area contributed by atoms with E-state index in [1.807, 2.05) is 0 Å². The normalized spacial score (nSPS) is 16.1. The molecule has 0 saturated carbocycles. The Bertz CT molecular complexity index is 753. The third-order valence-corrected chi connectivity index (χ3v) is 3.07. The Balaban J connectivity index is 2.37. The maximum Gasteiger partial charge on any atom is 0.341 e. The molecule has 0 aromatic heterocycles. The van der Waals surface area contributed by atoms with Gasteiger partial charge in [-0.3, -0.25) is 19.8 Å². The first-order chi connectivity index (χ1) is 11.4. The molecule has 2 N–H and O–H groups in total.